The van der Waals surface area contributed by atoms with Crippen molar-refractivity contribution in [1.82, 2.24) is 5.32 Å². The summed E-state index contributed by atoms with van der Waals surface area (Å²) in [6.45, 7) is 1.88. The van der Waals surface area contributed by atoms with E-state index >= 15 is 0 Å². The Labute approximate surface area is 142 Å². The maximum absolute atomic E-state index is 12.6. The van der Waals surface area contributed by atoms with Crippen molar-refractivity contribution >= 4 is 11.6 Å². The van der Waals surface area contributed by atoms with Crippen LogP contribution in [0.2, 0.25) is 0 Å². The number of nitrogens with zero attached hydrogens (tertiary/aromatic N) is 1. The zero-order chi connectivity index (χ0) is 16.1. The highest BCUT2D eigenvalue weighted by atomic mass is 16.2. The van der Waals surface area contributed by atoms with Crippen LogP contribution in [-0.4, -0.2) is 18.5 Å². The number of amides is 1. The molecule has 0 saturated heterocycles. The van der Waals surface area contributed by atoms with Gasteiger partial charge in [0.25, 0.3) is 5.91 Å². The van der Waals surface area contributed by atoms with Gasteiger partial charge in [-0.1, -0.05) is 30.3 Å². The fraction of sp³-hybridized carbons (Fsp3) is 0.381. The smallest absolute Gasteiger partial charge is 0.258 e. The van der Waals surface area contributed by atoms with Crippen molar-refractivity contribution in [3.05, 3.63) is 65.2 Å². The summed E-state index contributed by atoms with van der Waals surface area (Å²) < 4.78 is 0. The van der Waals surface area contributed by atoms with E-state index < -0.39 is 0 Å². The van der Waals surface area contributed by atoms with Crippen LogP contribution in [0.3, 0.4) is 0 Å². The van der Waals surface area contributed by atoms with Crippen molar-refractivity contribution in [3.8, 4) is 0 Å². The van der Waals surface area contributed by atoms with Crippen LogP contribution in [0.15, 0.2) is 48.5 Å². The first kappa shape index (κ1) is 14.2. The molecule has 2 fully saturated rings. The molecule has 24 heavy (non-hydrogen) atoms. The van der Waals surface area contributed by atoms with Gasteiger partial charge >= 0.3 is 0 Å². The Kier molecular flexibility index (Phi) is 3.23. The Balaban J connectivity index is 1.27. The van der Waals surface area contributed by atoms with Gasteiger partial charge in [-0.3, -0.25) is 4.79 Å². The maximum atomic E-state index is 12.6. The lowest BCUT2D eigenvalue weighted by Crippen LogP contribution is -2.23. The molecule has 2 saturated carbocycles. The number of anilines is 1. The minimum atomic E-state index is 0.119. The molecule has 2 aromatic carbocycles. The molecule has 0 bridgehead atoms. The second-order valence-corrected chi connectivity index (χ2v) is 7.44. The third-order valence-electron chi connectivity index (χ3n) is 5.61. The average Bonchev–Trinajstić information content (AvgIpc) is 3.52. The molecule has 122 valence electrons. The standard InChI is InChI=1S/C21H22N2O/c24-21-18-4-2-1-3-16(18)13-23(21)17-9-7-15(8-10-17)19-11-20(19)22-12-14-5-6-14/h1-4,7-10,14,19-20,22H,5-6,11-13H2/t19-,20+/m0/s1. The predicted octanol–water partition coefficient (Wildman–Crippen LogP) is 3.70. The van der Waals surface area contributed by atoms with Gasteiger partial charge in [0.2, 0.25) is 0 Å². The quantitative estimate of drug-likeness (QED) is 0.911. The Morgan fingerprint density at radius 1 is 1.04 bits per heavy atom. The summed E-state index contributed by atoms with van der Waals surface area (Å²) >= 11 is 0. The van der Waals surface area contributed by atoms with Gasteiger partial charge in [0, 0.05) is 23.2 Å². The van der Waals surface area contributed by atoms with E-state index in [0.717, 1.165) is 22.7 Å². The van der Waals surface area contributed by atoms with E-state index in [0.29, 0.717) is 18.5 Å². The van der Waals surface area contributed by atoms with E-state index in [1.165, 1.54) is 31.4 Å². The SMILES string of the molecule is O=C1c2ccccc2CN1c1ccc([C@@H]2C[C@H]2NCC2CC2)cc1. The van der Waals surface area contributed by atoms with Gasteiger partial charge < -0.3 is 10.2 Å². The first-order chi connectivity index (χ1) is 11.8. The number of carbonyl (C=O) groups is 1. The number of hydrogen-bond donors (Lipinski definition) is 1. The second-order valence-electron chi connectivity index (χ2n) is 7.44. The first-order valence-corrected chi connectivity index (χ1v) is 9.03. The number of nitrogens with one attached hydrogen (secondary N) is 1. The minimum Gasteiger partial charge on any atom is -0.313 e. The molecule has 1 amide bonds. The number of rotatable bonds is 5. The molecule has 0 radical (unpaired) electrons. The Hall–Kier alpha value is -2.13. The van der Waals surface area contributed by atoms with Crippen LogP contribution in [0.5, 0.6) is 0 Å². The van der Waals surface area contributed by atoms with Crippen LogP contribution in [0.4, 0.5) is 5.69 Å². The normalized spacial score (nSPS) is 25.0. The van der Waals surface area contributed by atoms with E-state index in [-0.39, 0.29) is 5.91 Å². The lowest BCUT2D eigenvalue weighted by atomic mass is 10.1. The van der Waals surface area contributed by atoms with E-state index in [9.17, 15) is 4.79 Å². The third kappa shape index (κ3) is 2.53. The van der Waals surface area contributed by atoms with Crippen LogP contribution < -0.4 is 10.2 Å². The summed E-state index contributed by atoms with van der Waals surface area (Å²) in [5.74, 6) is 1.72. The Morgan fingerprint density at radius 2 is 1.83 bits per heavy atom. The van der Waals surface area contributed by atoms with Crippen LogP contribution in [-0.2, 0) is 6.54 Å². The molecule has 0 aromatic heterocycles. The number of fused-ring (bicyclic) bond motifs is 1. The van der Waals surface area contributed by atoms with Crippen molar-refractivity contribution in [1.29, 1.82) is 0 Å². The molecule has 3 nitrogen and oxygen atoms in total. The number of hydrogen-bond acceptors (Lipinski definition) is 2. The highest BCUT2D eigenvalue weighted by molar-refractivity contribution is 6.09. The predicted molar refractivity (Wildman–Crippen MR) is 95.3 cm³/mol. The van der Waals surface area contributed by atoms with E-state index in [1.54, 1.807) is 0 Å². The van der Waals surface area contributed by atoms with Crippen LogP contribution in [0, 0.1) is 5.92 Å². The summed E-state index contributed by atoms with van der Waals surface area (Å²) in [5, 5.41) is 3.69. The van der Waals surface area contributed by atoms with E-state index in [1.807, 2.05) is 29.2 Å². The Bertz CT molecular complexity index is 779. The van der Waals surface area contributed by atoms with Crippen molar-refractivity contribution in [2.45, 2.75) is 37.8 Å². The molecule has 5 rings (SSSR count). The third-order valence-corrected chi connectivity index (χ3v) is 5.61. The lowest BCUT2D eigenvalue weighted by molar-refractivity contribution is 0.0996. The molecule has 2 aromatic rings. The molecule has 3 heteroatoms. The van der Waals surface area contributed by atoms with Gasteiger partial charge in [-0.2, -0.15) is 0 Å². The molecular weight excluding hydrogens is 296 g/mol. The molecule has 1 aliphatic heterocycles. The molecule has 2 atom stereocenters. The van der Waals surface area contributed by atoms with Gasteiger partial charge in [0.1, 0.15) is 0 Å². The molecular formula is C21H22N2O. The number of benzene rings is 2. The molecule has 3 aliphatic rings. The van der Waals surface area contributed by atoms with Crippen molar-refractivity contribution < 1.29 is 4.79 Å². The zero-order valence-corrected chi connectivity index (χ0v) is 13.7. The van der Waals surface area contributed by atoms with E-state index in [2.05, 4.69) is 29.6 Å². The lowest BCUT2D eigenvalue weighted by Gasteiger charge is -2.16. The Morgan fingerprint density at radius 3 is 2.58 bits per heavy atom. The molecule has 1 N–H and O–H groups in total. The number of carbonyl (C=O) groups excluding carboxylic acids is 1. The molecule has 1 heterocycles. The fourth-order valence-corrected chi connectivity index (χ4v) is 3.79. The zero-order valence-electron chi connectivity index (χ0n) is 13.7. The van der Waals surface area contributed by atoms with Crippen LogP contribution in [0.25, 0.3) is 0 Å². The van der Waals surface area contributed by atoms with E-state index in [4.69, 9.17) is 0 Å². The summed E-state index contributed by atoms with van der Waals surface area (Å²) in [5.41, 5.74) is 4.37. The topological polar surface area (TPSA) is 32.3 Å². The highest BCUT2D eigenvalue weighted by Gasteiger charge is 2.39. The van der Waals surface area contributed by atoms with Gasteiger partial charge in [-0.25, -0.2) is 0 Å². The summed E-state index contributed by atoms with van der Waals surface area (Å²) in [4.78, 5) is 14.4. The van der Waals surface area contributed by atoms with Gasteiger partial charge in [-0.05, 0) is 61.1 Å². The van der Waals surface area contributed by atoms with Crippen molar-refractivity contribution in [2.75, 3.05) is 11.4 Å². The molecule has 0 spiro atoms. The van der Waals surface area contributed by atoms with Gasteiger partial charge in [0.15, 0.2) is 0 Å². The second kappa shape index (κ2) is 5.45. The molecule has 2 aliphatic carbocycles. The summed E-state index contributed by atoms with van der Waals surface area (Å²) in [7, 11) is 0. The minimum absolute atomic E-state index is 0.119. The fourth-order valence-electron chi connectivity index (χ4n) is 3.79. The first-order valence-electron chi connectivity index (χ1n) is 9.03. The van der Waals surface area contributed by atoms with Crippen LogP contribution in [0.1, 0.15) is 46.7 Å². The van der Waals surface area contributed by atoms with Crippen LogP contribution >= 0.6 is 0 Å². The monoisotopic (exact) mass is 318 g/mol. The van der Waals surface area contributed by atoms with Crippen molar-refractivity contribution in [3.63, 3.8) is 0 Å². The largest absolute Gasteiger partial charge is 0.313 e. The maximum Gasteiger partial charge on any atom is 0.258 e. The average molecular weight is 318 g/mol. The summed E-state index contributed by atoms with van der Waals surface area (Å²) in [6, 6.07) is 17.2. The van der Waals surface area contributed by atoms with Gasteiger partial charge in [-0.15, -0.1) is 0 Å². The van der Waals surface area contributed by atoms with Gasteiger partial charge in [0.05, 0.1) is 6.54 Å². The highest BCUT2D eigenvalue weighted by Crippen LogP contribution is 2.42. The summed E-state index contributed by atoms with van der Waals surface area (Å²) in [6.07, 6.45) is 4.07. The molecule has 0 unspecified atom stereocenters. The van der Waals surface area contributed by atoms with Crippen molar-refractivity contribution in [2.24, 2.45) is 5.92 Å².